The van der Waals surface area contributed by atoms with Gasteiger partial charge in [0.25, 0.3) is 6.71 Å². The second-order valence-electron chi connectivity index (χ2n) is 10.1. The standard InChI is InChI=1S/C34H20BNO2/c1-2-11-23(12-3-1)36-26-15-7-16-28-32(26)35-33-27(36)19-22(25-14-6-10-21-9-4-5-13-24(21)25)20-31(33)38-30-18-8-17-29(37-28)34(30)35/h1-20H. The van der Waals surface area contributed by atoms with Gasteiger partial charge in [-0.25, -0.2) is 0 Å². The number of nitrogens with zero attached hydrogens (tertiary/aromatic N) is 1. The minimum Gasteiger partial charge on any atom is -0.458 e. The van der Waals surface area contributed by atoms with Crippen LogP contribution in [0.25, 0.3) is 21.9 Å². The number of hydrogen-bond donors (Lipinski definition) is 0. The number of ether oxygens (including phenoxy) is 2. The zero-order valence-electron chi connectivity index (χ0n) is 20.4. The average Bonchev–Trinajstić information content (AvgIpc) is 2.97. The maximum atomic E-state index is 6.70. The smallest absolute Gasteiger partial charge is 0.266 e. The molecule has 0 amide bonds. The van der Waals surface area contributed by atoms with E-state index in [0.29, 0.717) is 0 Å². The van der Waals surface area contributed by atoms with Crippen molar-refractivity contribution in [1.29, 1.82) is 0 Å². The van der Waals surface area contributed by atoms with Gasteiger partial charge in [-0.15, -0.1) is 0 Å². The third kappa shape index (κ3) is 2.59. The van der Waals surface area contributed by atoms with E-state index in [2.05, 4.69) is 120 Å². The monoisotopic (exact) mass is 485 g/mol. The molecule has 0 bridgehead atoms. The third-order valence-corrected chi connectivity index (χ3v) is 8.09. The molecule has 0 spiro atoms. The summed E-state index contributed by atoms with van der Waals surface area (Å²) in [7, 11) is 0. The van der Waals surface area contributed by atoms with E-state index in [9.17, 15) is 0 Å². The fraction of sp³-hybridized carbons (Fsp3) is 0. The van der Waals surface area contributed by atoms with Crippen molar-refractivity contribution in [3.63, 3.8) is 0 Å². The molecule has 0 N–H and O–H groups in total. The van der Waals surface area contributed by atoms with Crippen molar-refractivity contribution in [3.05, 3.63) is 121 Å². The van der Waals surface area contributed by atoms with Crippen molar-refractivity contribution in [2.45, 2.75) is 0 Å². The van der Waals surface area contributed by atoms with E-state index < -0.39 is 0 Å². The Bertz CT molecular complexity index is 1940. The Hall–Kier alpha value is -4.96. The molecule has 0 aliphatic carbocycles. The molecule has 0 fully saturated rings. The van der Waals surface area contributed by atoms with E-state index in [1.165, 1.54) is 27.3 Å². The van der Waals surface area contributed by atoms with Crippen LogP contribution in [0.1, 0.15) is 0 Å². The van der Waals surface area contributed by atoms with Gasteiger partial charge in [0.15, 0.2) is 0 Å². The fourth-order valence-electron chi connectivity index (χ4n) is 6.55. The predicted molar refractivity (Wildman–Crippen MR) is 155 cm³/mol. The quantitative estimate of drug-likeness (QED) is 0.246. The van der Waals surface area contributed by atoms with E-state index in [-0.39, 0.29) is 6.71 Å². The highest BCUT2D eigenvalue weighted by Gasteiger charge is 2.47. The molecule has 0 saturated carbocycles. The van der Waals surface area contributed by atoms with Gasteiger partial charge in [-0.2, -0.15) is 0 Å². The van der Waals surface area contributed by atoms with Gasteiger partial charge in [0, 0.05) is 22.5 Å². The molecule has 0 unspecified atom stereocenters. The molecule has 9 rings (SSSR count). The average molecular weight is 485 g/mol. The SMILES string of the molecule is c1ccc(N2c3cccc4c3B3c5c(cccc5Oc5cc(-c6cccc7ccccc67)cc2c53)O4)cc1. The van der Waals surface area contributed by atoms with Crippen molar-refractivity contribution < 1.29 is 9.47 Å². The summed E-state index contributed by atoms with van der Waals surface area (Å²) in [6, 6.07) is 42.8. The van der Waals surface area contributed by atoms with Gasteiger partial charge in [0.1, 0.15) is 23.0 Å². The van der Waals surface area contributed by atoms with Crippen LogP contribution in [-0.4, -0.2) is 6.71 Å². The third-order valence-electron chi connectivity index (χ3n) is 8.09. The van der Waals surface area contributed by atoms with Crippen LogP contribution < -0.4 is 30.8 Å². The van der Waals surface area contributed by atoms with Crippen LogP contribution in [0.5, 0.6) is 23.0 Å². The van der Waals surface area contributed by atoms with Gasteiger partial charge in [-0.1, -0.05) is 72.8 Å². The van der Waals surface area contributed by atoms with Crippen molar-refractivity contribution in [2.75, 3.05) is 4.90 Å². The molecule has 6 aromatic rings. The van der Waals surface area contributed by atoms with Crippen LogP contribution in [0.15, 0.2) is 121 Å². The molecule has 0 atom stereocenters. The number of rotatable bonds is 2. The first-order chi connectivity index (χ1) is 18.8. The molecular weight excluding hydrogens is 465 g/mol. The molecule has 0 radical (unpaired) electrons. The van der Waals surface area contributed by atoms with Crippen LogP contribution in [0, 0.1) is 0 Å². The highest BCUT2D eigenvalue weighted by atomic mass is 16.5. The largest absolute Gasteiger partial charge is 0.458 e. The van der Waals surface area contributed by atoms with Gasteiger partial charge < -0.3 is 14.4 Å². The molecule has 3 nitrogen and oxygen atoms in total. The number of hydrogen-bond acceptors (Lipinski definition) is 3. The van der Waals surface area contributed by atoms with Gasteiger partial charge >= 0.3 is 0 Å². The number of anilines is 3. The van der Waals surface area contributed by atoms with Crippen molar-refractivity contribution in [3.8, 4) is 34.1 Å². The predicted octanol–water partition coefficient (Wildman–Crippen LogP) is 7.02. The Balaban J connectivity index is 1.40. The van der Waals surface area contributed by atoms with Crippen LogP contribution in [0.2, 0.25) is 0 Å². The zero-order valence-corrected chi connectivity index (χ0v) is 20.4. The number of para-hydroxylation sites is 1. The number of benzene rings is 6. The lowest BCUT2D eigenvalue weighted by atomic mass is 9.33. The highest BCUT2D eigenvalue weighted by molar-refractivity contribution is 7.00. The first-order valence-electron chi connectivity index (χ1n) is 13.0. The van der Waals surface area contributed by atoms with E-state index in [1.807, 2.05) is 6.07 Å². The van der Waals surface area contributed by atoms with Crippen LogP contribution in [0.3, 0.4) is 0 Å². The molecule has 6 aromatic carbocycles. The van der Waals surface area contributed by atoms with Gasteiger partial charge in [0.05, 0.1) is 0 Å². The lowest BCUT2D eigenvalue weighted by molar-refractivity contribution is 0.464. The Morgan fingerprint density at radius 2 is 1.16 bits per heavy atom. The lowest BCUT2D eigenvalue weighted by Gasteiger charge is -2.43. The summed E-state index contributed by atoms with van der Waals surface area (Å²) in [5.74, 6) is 3.56. The number of fused-ring (bicyclic) bond motifs is 1. The minimum absolute atomic E-state index is 0.0569. The van der Waals surface area contributed by atoms with E-state index in [4.69, 9.17) is 9.47 Å². The fourth-order valence-corrected chi connectivity index (χ4v) is 6.55. The maximum Gasteiger partial charge on any atom is 0.266 e. The van der Waals surface area contributed by atoms with E-state index in [1.54, 1.807) is 0 Å². The molecular formula is C34H20BNO2. The summed E-state index contributed by atoms with van der Waals surface area (Å²) in [4.78, 5) is 2.37. The first-order valence-corrected chi connectivity index (χ1v) is 13.0. The van der Waals surface area contributed by atoms with Crippen LogP contribution in [-0.2, 0) is 0 Å². The minimum atomic E-state index is 0.0569. The van der Waals surface area contributed by atoms with Gasteiger partial charge in [0.2, 0.25) is 0 Å². The summed E-state index contributed by atoms with van der Waals surface area (Å²) in [6.45, 7) is 0.0569. The highest BCUT2D eigenvalue weighted by Crippen LogP contribution is 2.47. The maximum absolute atomic E-state index is 6.70. The molecule has 0 saturated heterocycles. The van der Waals surface area contributed by atoms with Crippen LogP contribution >= 0.6 is 0 Å². The molecule has 3 heterocycles. The first kappa shape index (κ1) is 20.1. The Kier molecular flexibility index (Phi) is 3.87. The normalized spacial score (nSPS) is 13.6. The molecule has 38 heavy (non-hydrogen) atoms. The molecule has 4 heteroatoms. The molecule has 3 aliphatic heterocycles. The lowest BCUT2D eigenvalue weighted by Crippen LogP contribution is -2.61. The second kappa shape index (κ2) is 7.30. The van der Waals surface area contributed by atoms with Crippen LogP contribution in [0.4, 0.5) is 17.1 Å². The van der Waals surface area contributed by atoms with Crippen molar-refractivity contribution >= 4 is 50.9 Å². The Labute approximate surface area is 220 Å². The molecule has 3 aliphatic rings. The Morgan fingerprint density at radius 3 is 2.03 bits per heavy atom. The Morgan fingerprint density at radius 1 is 0.500 bits per heavy atom. The summed E-state index contributed by atoms with van der Waals surface area (Å²) in [5, 5.41) is 2.46. The van der Waals surface area contributed by atoms with Gasteiger partial charge in [-0.3, -0.25) is 0 Å². The second-order valence-corrected chi connectivity index (χ2v) is 10.1. The summed E-state index contributed by atoms with van der Waals surface area (Å²) >= 11 is 0. The summed E-state index contributed by atoms with van der Waals surface area (Å²) in [6.07, 6.45) is 0. The van der Waals surface area contributed by atoms with Gasteiger partial charge in [-0.05, 0) is 81.4 Å². The molecule has 176 valence electrons. The summed E-state index contributed by atoms with van der Waals surface area (Å²) < 4.78 is 13.2. The zero-order chi connectivity index (χ0) is 24.8. The molecule has 0 aromatic heterocycles. The van der Waals surface area contributed by atoms with Crippen molar-refractivity contribution in [1.82, 2.24) is 0 Å². The van der Waals surface area contributed by atoms with Crippen molar-refractivity contribution in [2.24, 2.45) is 0 Å². The summed E-state index contributed by atoms with van der Waals surface area (Å²) in [5.41, 5.74) is 9.26. The van der Waals surface area contributed by atoms with E-state index >= 15 is 0 Å². The van der Waals surface area contributed by atoms with E-state index in [0.717, 1.165) is 51.1 Å². The topological polar surface area (TPSA) is 21.7 Å².